The minimum absolute atomic E-state index is 0.0124. The smallest absolute Gasteiger partial charge is 0.183 e. The van der Waals surface area contributed by atoms with Gasteiger partial charge < -0.3 is 10.2 Å². The zero-order valence-electron chi connectivity index (χ0n) is 11.8. The van der Waals surface area contributed by atoms with E-state index in [4.69, 9.17) is 21.8 Å². The molecule has 0 saturated carbocycles. The fraction of sp³-hybridized carbons (Fsp3) is 0.333. The fourth-order valence-corrected chi connectivity index (χ4v) is 3.09. The minimum atomic E-state index is -0.0124. The van der Waals surface area contributed by atoms with Crippen LogP contribution in [0.1, 0.15) is 30.3 Å². The normalized spacial score (nSPS) is 14.4. The zero-order valence-corrected chi connectivity index (χ0v) is 15.7. The molecule has 2 unspecified atom stereocenters. The predicted molar refractivity (Wildman–Crippen MR) is 93.5 cm³/mol. The number of nitrogens with zero attached hydrogens (tertiary/aromatic N) is 1. The highest BCUT2D eigenvalue weighted by Crippen LogP contribution is 2.34. The summed E-state index contributed by atoms with van der Waals surface area (Å²) in [5.41, 5.74) is 7.10. The van der Waals surface area contributed by atoms with Crippen LogP contribution in [0.2, 0.25) is 5.02 Å². The van der Waals surface area contributed by atoms with Crippen LogP contribution in [0, 0.1) is 0 Å². The first-order chi connectivity index (χ1) is 9.93. The van der Waals surface area contributed by atoms with Crippen molar-refractivity contribution in [2.45, 2.75) is 19.0 Å². The van der Waals surface area contributed by atoms with Crippen molar-refractivity contribution in [2.75, 3.05) is 13.6 Å². The van der Waals surface area contributed by atoms with E-state index >= 15 is 0 Å². The highest BCUT2D eigenvalue weighted by Gasteiger charge is 2.25. The van der Waals surface area contributed by atoms with Gasteiger partial charge in [0.2, 0.25) is 0 Å². The zero-order chi connectivity index (χ0) is 15.6. The van der Waals surface area contributed by atoms with Gasteiger partial charge in [0, 0.05) is 17.6 Å². The van der Waals surface area contributed by atoms with Crippen LogP contribution >= 0.6 is 43.5 Å². The van der Waals surface area contributed by atoms with Crippen molar-refractivity contribution in [2.24, 2.45) is 5.73 Å². The molecular weight excluding hydrogens is 419 g/mol. The number of halogens is 3. The summed E-state index contributed by atoms with van der Waals surface area (Å²) in [6.45, 7) is 2.59. The third-order valence-electron chi connectivity index (χ3n) is 3.65. The fourth-order valence-electron chi connectivity index (χ4n) is 2.28. The molecule has 1 aromatic heterocycles. The van der Waals surface area contributed by atoms with Gasteiger partial charge in [-0.25, -0.2) is 0 Å². The molecule has 2 rings (SSSR count). The quantitative estimate of drug-likeness (QED) is 0.705. The van der Waals surface area contributed by atoms with Crippen LogP contribution in [-0.2, 0) is 0 Å². The molecule has 0 fully saturated rings. The molecular formula is C15H17Br2ClN2O. The SMILES string of the molecule is CC(c1cccc(Cl)c1)N(C)C(CN)c1cc(Br)c(Br)o1. The van der Waals surface area contributed by atoms with Crippen molar-refractivity contribution >= 4 is 43.5 Å². The van der Waals surface area contributed by atoms with E-state index in [2.05, 4.69) is 49.7 Å². The molecule has 0 spiro atoms. The maximum absolute atomic E-state index is 6.07. The second kappa shape index (κ2) is 7.29. The molecule has 1 aromatic carbocycles. The van der Waals surface area contributed by atoms with Crippen molar-refractivity contribution in [3.05, 3.63) is 55.8 Å². The monoisotopic (exact) mass is 434 g/mol. The average molecular weight is 437 g/mol. The van der Waals surface area contributed by atoms with Crippen LogP contribution < -0.4 is 5.73 Å². The molecule has 2 atom stereocenters. The predicted octanol–water partition coefficient (Wildman–Crippen LogP) is 5.15. The van der Waals surface area contributed by atoms with E-state index in [9.17, 15) is 0 Å². The molecule has 1 heterocycles. The third kappa shape index (κ3) is 3.90. The second-order valence-electron chi connectivity index (χ2n) is 4.92. The molecule has 0 aliphatic rings. The van der Waals surface area contributed by atoms with Crippen LogP contribution in [0.3, 0.4) is 0 Å². The van der Waals surface area contributed by atoms with Gasteiger partial charge in [-0.15, -0.1) is 0 Å². The highest BCUT2D eigenvalue weighted by atomic mass is 79.9. The van der Waals surface area contributed by atoms with Gasteiger partial charge in [-0.2, -0.15) is 0 Å². The van der Waals surface area contributed by atoms with Gasteiger partial charge in [0.05, 0.1) is 10.5 Å². The van der Waals surface area contributed by atoms with Gasteiger partial charge >= 0.3 is 0 Å². The van der Waals surface area contributed by atoms with Gasteiger partial charge in [0.15, 0.2) is 4.67 Å². The first kappa shape index (κ1) is 17.0. The van der Waals surface area contributed by atoms with Crippen LogP contribution in [0.15, 0.2) is 43.9 Å². The van der Waals surface area contributed by atoms with Crippen molar-refractivity contribution in [3.8, 4) is 0 Å². The van der Waals surface area contributed by atoms with Gasteiger partial charge in [0.25, 0.3) is 0 Å². The Labute approximate surface area is 146 Å². The lowest BCUT2D eigenvalue weighted by atomic mass is 10.0. The van der Waals surface area contributed by atoms with E-state index < -0.39 is 0 Å². The number of hydrogen-bond donors (Lipinski definition) is 1. The molecule has 0 aliphatic carbocycles. The Balaban J connectivity index is 2.25. The molecule has 21 heavy (non-hydrogen) atoms. The first-order valence-electron chi connectivity index (χ1n) is 6.56. The Bertz CT molecular complexity index is 598. The lowest BCUT2D eigenvalue weighted by Crippen LogP contribution is -2.32. The molecule has 0 saturated heterocycles. The Hall–Kier alpha value is -0.330. The topological polar surface area (TPSA) is 42.4 Å². The summed E-state index contributed by atoms with van der Waals surface area (Å²) in [7, 11) is 2.04. The Morgan fingerprint density at radius 1 is 1.33 bits per heavy atom. The number of rotatable bonds is 5. The van der Waals surface area contributed by atoms with E-state index in [-0.39, 0.29) is 12.1 Å². The van der Waals surface area contributed by atoms with Gasteiger partial charge in [-0.1, -0.05) is 23.7 Å². The van der Waals surface area contributed by atoms with Crippen LogP contribution in [-0.4, -0.2) is 18.5 Å². The largest absolute Gasteiger partial charge is 0.451 e. The Morgan fingerprint density at radius 2 is 2.05 bits per heavy atom. The second-order valence-corrected chi connectivity index (χ2v) is 6.93. The highest BCUT2D eigenvalue weighted by molar-refractivity contribution is 9.13. The molecule has 114 valence electrons. The minimum Gasteiger partial charge on any atom is -0.451 e. The summed E-state index contributed by atoms with van der Waals surface area (Å²) in [5, 5.41) is 0.737. The third-order valence-corrected chi connectivity index (χ3v) is 5.59. The van der Waals surface area contributed by atoms with E-state index in [1.165, 1.54) is 0 Å². The summed E-state index contributed by atoms with van der Waals surface area (Å²) in [6, 6.07) is 9.97. The van der Waals surface area contributed by atoms with Gasteiger partial charge in [-0.3, -0.25) is 4.90 Å². The van der Waals surface area contributed by atoms with Crippen LogP contribution in [0.25, 0.3) is 0 Å². The number of hydrogen-bond acceptors (Lipinski definition) is 3. The van der Waals surface area contributed by atoms with E-state index in [1.807, 2.05) is 31.3 Å². The van der Waals surface area contributed by atoms with Gasteiger partial charge in [0.1, 0.15) is 5.76 Å². The van der Waals surface area contributed by atoms with Crippen molar-refractivity contribution in [1.29, 1.82) is 0 Å². The summed E-state index contributed by atoms with van der Waals surface area (Å²) in [4.78, 5) is 2.18. The molecule has 6 heteroatoms. The molecule has 2 aromatic rings. The molecule has 0 radical (unpaired) electrons. The maximum Gasteiger partial charge on any atom is 0.183 e. The number of likely N-dealkylation sites (N-methyl/N-ethyl adjacent to an activating group) is 1. The lowest BCUT2D eigenvalue weighted by Gasteiger charge is -2.31. The summed E-state index contributed by atoms with van der Waals surface area (Å²) >= 11 is 12.9. The van der Waals surface area contributed by atoms with Gasteiger partial charge in [-0.05, 0) is 69.6 Å². The van der Waals surface area contributed by atoms with Crippen molar-refractivity contribution < 1.29 is 4.42 Å². The first-order valence-corrected chi connectivity index (χ1v) is 8.52. The van der Waals surface area contributed by atoms with E-state index in [0.717, 1.165) is 20.8 Å². The Kier molecular flexibility index (Phi) is 5.91. The molecule has 3 nitrogen and oxygen atoms in total. The van der Waals surface area contributed by atoms with E-state index in [1.54, 1.807) is 0 Å². The number of nitrogens with two attached hydrogens (primary N) is 1. The number of benzene rings is 1. The van der Waals surface area contributed by atoms with Crippen LogP contribution in [0.4, 0.5) is 0 Å². The standard InChI is InChI=1S/C15H17Br2ClN2O/c1-9(10-4-3-5-11(18)6-10)20(2)13(8-19)14-7-12(16)15(17)21-14/h3-7,9,13H,8,19H2,1-2H3. The van der Waals surface area contributed by atoms with Crippen LogP contribution in [0.5, 0.6) is 0 Å². The molecule has 0 aliphatic heterocycles. The average Bonchev–Trinajstić information content (AvgIpc) is 2.78. The Morgan fingerprint density at radius 3 is 2.57 bits per heavy atom. The molecule has 0 amide bonds. The van der Waals surface area contributed by atoms with Crippen molar-refractivity contribution in [3.63, 3.8) is 0 Å². The molecule has 0 bridgehead atoms. The summed E-state index contributed by atoms with van der Waals surface area (Å²) in [5.74, 6) is 0.827. The van der Waals surface area contributed by atoms with E-state index in [0.29, 0.717) is 11.2 Å². The summed E-state index contributed by atoms with van der Waals surface area (Å²) < 4.78 is 7.29. The lowest BCUT2D eigenvalue weighted by molar-refractivity contribution is 0.168. The summed E-state index contributed by atoms with van der Waals surface area (Å²) in [6.07, 6.45) is 0. The number of furan rings is 1. The molecule has 2 N–H and O–H groups in total. The maximum atomic E-state index is 6.07. The van der Waals surface area contributed by atoms with Crippen molar-refractivity contribution in [1.82, 2.24) is 4.90 Å².